The summed E-state index contributed by atoms with van der Waals surface area (Å²) in [5, 5.41) is 0. The van der Waals surface area contributed by atoms with Gasteiger partial charge in [0, 0.05) is 24.7 Å². The Morgan fingerprint density at radius 3 is 3.00 bits per heavy atom. The van der Waals surface area contributed by atoms with E-state index in [0.29, 0.717) is 0 Å². The monoisotopic (exact) mass is 259 g/mol. The first-order valence-electron chi connectivity index (χ1n) is 7.09. The van der Waals surface area contributed by atoms with Gasteiger partial charge < -0.3 is 14.4 Å². The van der Waals surface area contributed by atoms with Crippen LogP contribution in [-0.4, -0.2) is 25.0 Å². The SMILES string of the molecule is CC1(C)CCc2cc(N3CCC(C=O)C3)ccc2O1. The molecule has 1 aromatic rings. The van der Waals surface area contributed by atoms with Crippen LogP contribution in [0.25, 0.3) is 0 Å². The second-order valence-corrected chi connectivity index (χ2v) is 6.28. The molecule has 1 atom stereocenters. The molecule has 102 valence electrons. The number of aryl methyl sites for hydroxylation is 1. The van der Waals surface area contributed by atoms with Crippen molar-refractivity contribution in [3.63, 3.8) is 0 Å². The van der Waals surface area contributed by atoms with Crippen molar-refractivity contribution in [1.29, 1.82) is 0 Å². The van der Waals surface area contributed by atoms with E-state index in [1.54, 1.807) is 0 Å². The van der Waals surface area contributed by atoms with Gasteiger partial charge in [0.05, 0.1) is 0 Å². The molecule has 2 heterocycles. The van der Waals surface area contributed by atoms with Gasteiger partial charge in [-0.3, -0.25) is 0 Å². The summed E-state index contributed by atoms with van der Waals surface area (Å²) >= 11 is 0. The quantitative estimate of drug-likeness (QED) is 0.765. The number of ether oxygens (including phenoxy) is 1. The van der Waals surface area contributed by atoms with Gasteiger partial charge in [-0.2, -0.15) is 0 Å². The molecule has 0 radical (unpaired) electrons. The Balaban J connectivity index is 1.81. The molecule has 0 aliphatic carbocycles. The van der Waals surface area contributed by atoms with Gasteiger partial charge in [0.1, 0.15) is 17.6 Å². The summed E-state index contributed by atoms with van der Waals surface area (Å²) in [7, 11) is 0. The molecule has 3 nitrogen and oxygen atoms in total. The summed E-state index contributed by atoms with van der Waals surface area (Å²) < 4.78 is 6.00. The van der Waals surface area contributed by atoms with E-state index in [4.69, 9.17) is 4.74 Å². The fourth-order valence-corrected chi connectivity index (χ4v) is 2.97. The average Bonchev–Trinajstić information content (AvgIpc) is 2.86. The summed E-state index contributed by atoms with van der Waals surface area (Å²) in [5.41, 5.74) is 2.47. The number of carbonyl (C=O) groups is 1. The van der Waals surface area contributed by atoms with E-state index in [1.807, 2.05) is 0 Å². The number of benzene rings is 1. The van der Waals surface area contributed by atoms with Crippen molar-refractivity contribution in [2.24, 2.45) is 5.92 Å². The molecule has 1 fully saturated rings. The predicted molar refractivity (Wildman–Crippen MR) is 75.9 cm³/mol. The van der Waals surface area contributed by atoms with Crippen molar-refractivity contribution in [2.75, 3.05) is 18.0 Å². The van der Waals surface area contributed by atoms with Crippen LogP contribution < -0.4 is 9.64 Å². The van der Waals surface area contributed by atoms with E-state index in [9.17, 15) is 4.79 Å². The van der Waals surface area contributed by atoms with E-state index in [0.717, 1.165) is 44.4 Å². The Labute approximate surface area is 114 Å². The van der Waals surface area contributed by atoms with Gasteiger partial charge in [0.25, 0.3) is 0 Å². The largest absolute Gasteiger partial charge is 0.488 e. The summed E-state index contributed by atoms with van der Waals surface area (Å²) in [6.07, 6.45) is 4.19. The van der Waals surface area contributed by atoms with E-state index in [-0.39, 0.29) is 11.5 Å². The second kappa shape index (κ2) is 4.55. The van der Waals surface area contributed by atoms with Crippen molar-refractivity contribution in [3.05, 3.63) is 23.8 Å². The third-order valence-electron chi connectivity index (χ3n) is 4.21. The highest BCUT2D eigenvalue weighted by Gasteiger charge is 2.28. The summed E-state index contributed by atoms with van der Waals surface area (Å²) in [6, 6.07) is 6.44. The maximum absolute atomic E-state index is 10.8. The third-order valence-corrected chi connectivity index (χ3v) is 4.21. The zero-order chi connectivity index (χ0) is 13.5. The Kier molecular flexibility index (Phi) is 3.00. The van der Waals surface area contributed by atoms with Crippen molar-refractivity contribution in [2.45, 2.75) is 38.7 Å². The normalized spacial score (nSPS) is 24.7. The topological polar surface area (TPSA) is 29.5 Å². The molecule has 1 unspecified atom stereocenters. The van der Waals surface area contributed by atoms with Gasteiger partial charge >= 0.3 is 0 Å². The molecular weight excluding hydrogens is 238 g/mol. The van der Waals surface area contributed by atoms with Crippen LogP contribution in [-0.2, 0) is 11.2 Å². The van der Waals surface area contributed by atoms with Crippen molar-refractivity contribution < 1.29 is 9.53 Å². The lowest BCUT2D eigenvalue weighted by atomic mass is 9.94. The van der Waals surface area contributed by atoms with Crippen LogP contribution in [0.2, 0.25) is 0 Å². The lowest BCUT2D eigenvalue weighted by molar-refractivity contribution is -0.110. The van der Waals surface area contributed by atoms with E-state index < -0.39 is 0 Å². The van der Waals surface area contributed by atoms with Gasteiger partial charge in [0.2, 0.25) is 0 Å². The van der Waals surface area contributed by atoms with E-state index >= 15 is 0 Å². The van der Waals surface area contributed by atoms with Crippen molar-refractivity contribution in [1.82, 2.24) is 0 Å². The van der Waals surface area contributed by atoms with Crippen LogP contribution in [0.4, 0.5) is 5.69 Å². The molecule has 1 aromatic carbocycles. The second-order valence-electron chi connectivity index (χ2n) is 6.28. The minimum atomic E-state index is -0.0508. The fourth-order valence-electron chi connectivity index (χ4n) is 2.97. The molecule has 2 aliphatic rings. The summed E-state index contributed by atoms with van der Waals surface area (Å²) in [5.74, 6) is 1.22. The first-order chi connectivity index (χ1) is 9.07. The van der Waals surface area contributed by atoms with Crippen LogP contribution in [0.15, 0.2) is 18.2 Å². The van der Waals surface area contributed by atoms with E-state index in [1.165, 1.54) is 11.3 Å². The molecule has 2 aliphatic heterocycles. The van der Waals surface area contributed by atoms with Crippen LogP contribution in [0, 0.1) is 5.92 Å². The number of hydrogen-bond acceptors (Lipinski definition) is 3. The lowest BCUT2D eigenvalue weighted by Crippen LogP contribution is -2.32. The summed E-state index contributed by atoms with van der Waals surface area (Å²) in [6.45, 7) is 6.11. The van der Waals surface area contributed by atoms with Crippen LogP contribution >= 0.6 is 0 Å². The van der Waals surface area contributed by atoms with E-state index in [2.05, 4.69) is 36.9 Å². The fraction of sp³-hybridized carbons (Fsp3) is 0.562. The molecule has 0 aromatic heterocycles. The molecule has 0 amide bonds. The maximum atomic E-state index is 10.8. The highest BCUT2D eigenvalue weighted by molar-refractivity contribution is 5.60. The first-order valence-corrected chi connectivity index (χ1v) is 7.09. The van der Waals surface area contributed by atoms with Crippen molar-refractivity contribution >= 4 is 12.0 Å². The number of aldehydes is 1. The average molecular weight is 259 g/mol. The van der Waals surface area contributed by atoms with Crippen molar-refractivity contribution in [3.8, 4) is 5.75 Å². The molecule has 3 rings (SSSR count). The molecule has 1 saturated heterocycles. The highest BCUT2D eigenvalue weighted by Crippen LogP contribution is 2.36. The molecule has 3 heteroatoms. The molecule has 0 N–H and O–H groups in total. The van der Waals surface area contributed by atoms with Gasteiger partial charge in [-0.25, -0.2) is 0 Å². The number of hydrogen-bond donors (Lipinski definition) is 0. The molecule has 0 spiro atoms. The van der Waals surface area contributed by atoms with Crippen LogP contribution in [0.5, 0.6) is 5.75 Å². The van der Waals surface area contributed by atoms with Crippen LogP contribution in [0.3, 0.4) is 0 Å². The Bertz CT molecular complexity index is 496. The standard InChI is InChI=1S/C16H21NO2/c1-16(2)7-5-13-9-14(3-4-15(13)19-16)17-8-6-12(10-17)11-18/h3-4,9,11-12H,5-8,10H2,1-2H3. The predicted octanol–water partition coefficient (Wildman–Crippen LogP) is 2.82. The molecular formula is C16H21NO2. The Morgan fingerprint density at radius 1 is 1.42 bits per heavy atom. The van der Waals surface area contributed by atoms with Gasteiger partial charge in [-0.1, -0.05) is 0 Å². The number of fused-ring (bicyclic) bond motifs is 1. The number of nitrogens with zero attached hydrogens (tertiary/aromatic N) is 1. The smallest absolute Gasteiger partial charge is 0.124 e. The third kappa shape index (κ3) is 2.46. The molecule has 0 bridgehead atoms. The zero-order valence-electron chi connectivity index (χ0n) is 11.7. The Morgan fingerprint density at radius 2 is 2.26 bits per heavy atom. The van der Waals surface area contributed by atoms with Gasteiger partial charge in [0.15, 0.2) is 0 Å². The number of rotatable bonds is 2. The van der Waals surface area contributed by atoms with Crippen LogP contribution in [0.1, 0.15) is 32.3 Å². The zero-order valence-corrected chi connectivity index (χ0v) is 11.7. The minimum absolute atomic E-state index is 0.0508. The van der Waals surface area contributed by atoms with Gasteiger partial charge in [-0.15, -0.1) is 0 Å². The molecule has 0 saturated carbocycles. The highest BCUT2D eigenvalue weighted by atomic mass is 16.5. The lowest BCUT2D eigenvalue weighted by Gasteiger charge is -2.33. The van der Waals surface area contributed by atoms with Gasteiger partial charge in [-0.05, 0) is 56.9 Å². The minimum Gasteiger partial charge on any atom is -0.488 e. The first kappa shape index (κ1) is 12.5. The maximum Gasteiger partial charge on any atom is 0.124 e. The number of anilines is 1. The number of carbonyl (C=O) groups excluding carboxylic acids is 1. The summed E-state index contributed by atoms with van der Waals surface area (Å²) in [4.78, 5) is 13.1. The molecule has 19 heavy (non-hydrogen) atoms. The Hall–Kier alpha value is -1.51.